The van der Waals surface area contributed by atoms with Gasteiger partial charge in [-0.1, -0.05) is 61.9 Å². The van der Waals surface area contributed by atoms with E-state index in [0.29, 0.717) is 18.4 Å². The van der Waals surface area contributed by atoms with Gasteiger partial charge in [0.2, 0.25) is 29.5 Å². The van der Waals surface area contributed by atoms with E-state index in [1.54, 1.807) is 24.3 Å². The van der Waals surface area contributed by atoms with Crippen LogP contribution in [0.15, 0.2) is 84.9 Å². The maximum absolute atomic E-state index is 14.5. The fourth-order valence-corrected chi connectivity index (χ4v) is 7.80. The minimum Gasteiger partial charge on any atom is -0.507 e. The maximum Gasteiger partial charge on any atom is 0.326 e. The number of amides is 6. The van der Waals surface area contributed by atoms with Crippen LogP contribution in [0, 0.1) is 0 Å². The summed E-state index contributed by atoms with van der Waals surface area (Å²) in [6, 6.07) is 14.9. The first-order chi connectivity index (χ1) is 32.4. The Morgan fingerprint density at radius 2 is 1.41 bits per heavy atom. The van der Waals surface area contributed by atoms with Crippen molar-refractivity contribution in [2.75, 3.05) is 20.2 Å². The quantitative estimate of drug-likeness (QED) is 0.0645. The van der Waals surface area contributed by atoms with Crippen LogP contribution >= 0.6 is 0 Å². The molecule has 0 spiro atoms. The third kappa shape index (κ3) is 13.2. The zero-order valence-corrected chi connectivity index (χ0v) is 38.6. The number of nitrogens with two attached hydrogens (primary N) is 1. The van der Waals surface area contributed by atoms with Crippen molar-refractivity contribution in [3.8, 4) is 33.8 Å². The highest BCUT2D eigenvalue weighted by molar-refractivity contribution is 6.00. The first kappa shape index (κ1) is 51.7. The topological polar surface area (TPSA) is 290 Å². The molecule has 362 valence electrons. The molecule has 68 heavy (non-hydrogen) atoms. The SMILES string of the molecule is CCCCc1ccc(-c2ccc(C(=O)N[C@H](CO)C(=O)N[C@H](C)C(=O)N[C@@H](CCCCN)C(=O)N(C)[C@@H]3C(=O)N[C@@H](C)C(=O)N[C@H](C(=O)O)Cc4ccc(O)c(c4)-c4cc3ccc4O)cc2)cc1. The molecule has 1 aliphatic rings. The number of aromatic hydroxyl groups is 2. The van der Waals surface area contributed by atoms with E-state index < -0.39 is 84.3 Å². The van der Waals surface area contributed by atoms with Gasteiger partial charge in [-0.3, -0.25) is 28.8 Å². The van der Waals surface area contributed by atoms with Crippen molar-refractivity contribution < 1.29 is 54.0 Å². The van der Waals surface area contributed by atoms with Gasteiger partial charge in [0.05, 0.1) is 6.61 Å². The lowest BCUT2D eigenvalue weighted by molar-refractivity contribution is -0.144. The number of fused-ring (bicyclic) bond motifs is 5. The highest BCUT2D eigenvalue weighted by Crippen LogP contribution is 2.39. The number of aryl methyl sites for hydroxylation is 1. The molecule has 4 bridgehead atoms. The van der Waals surface area contributed by atoms with E-state index in [1.165, 1.54) is 62.9 Å². The fraction of sp³-hybridized carbons (Fsp3) is 0.380. The van der Waals surface area contributed by atoms with Gasteiger partial charge in [-0.05, 0) is 117 Å². The smallest absolute Gasteiger partial charge is 0.326 e. The summed E-state index contributed by atoms with van der Waals surface area (Å²) < 4.78 is 0. The molecule has 18 heteroatoms. The van der Waals surface area contributed by atoms with E-state index in [-0.39, 0.29) is 53.1 Å². The van der Waals surface area contributed by atoms with Crippen LogP contribution in [0.1, 0.15) is 86.0 Å². The van der Waals surface area contributed by atoms with Crippen molar-refractivity contribution in [2.24, 2.45) is 5.73 Å². The van der Waals surface area contributed by atoms with Crippen LogP contribution in [0.3, 0.4) is 0 Å². The van der Waals surface area contributed by atoms with Gasteiger partial charge in [-0.15, -0.1) is 0 Å². The normalized spacial score (nSPS) is 17.2. The number of phenolic OH excluding ortho intramolecular Hbond substituents is 2. The number of unbranched alkanes of at least 4 members (excludes halogenated alkanes) is 2. The number of aliphatic hydroxyl groups is 1. The molecule has 4 aromatic rings. The average molecular weight is 936 g/mol. The number of hydrogen-bond donors (Lipinski definition) is 10. The zero-order valence-electron chi connectivity index (χ0n) is 38.6. The van der Waals surface area contributed by atoms with Crippen molar-refractivity contribution >= 4 is 41.4 Å². The van der Waals surface area contributed by atoms with Gasteiger partial charge in [-0.2, -0.15) is 0 Å². The van der Waals surface area contributed by atoms with Crippen molar-refractivity contribution in [3.63, 3.8) is 0 Å². The number of nitrogens with one attached hydrogen (secondary N) is 5. The van der Waals surface area contributed by atoms with Crippen LogP contribution in [-0.2, 0) is 41.6 Å². The number of hydrogen-bond acceptors (Lipinski definition) is 11. The minimum atomic E-state index is -1.53. The Balaban J connectivity index is 1.33. The van der Waals surface area contributed by atoms with E-state index in [2.05, 4.69) is 45.6 Å². The summed E-state index contributed by atoms with van der Waals surface area (Å²) in [7, 11) is 1.30. The van der Waals surface area contributed by atoms with E-state index in [0.717, 1.165) is 35.3 Å². The summed E-state index contributed by atoms with van der Waals surface area (Å²) in [5.41, 5.74) is 9.73. The minimum absolute atomic E-state index is 0.0381. The standard InChI is InChI=1S/C50H61N7O11/c1-5-6-9-30-11-14-32(15-12-30)33-16-18-34(19-17-33)46(63)56-40(27-58)47(64)52-28(2)44(61)54-38(10-7-8-23-51)49(66)57(4)43-35-20-22-42(60)37(26-35)36-24-31(13-21-41(36)59)25-39(50(67)68)55-45(62)29(3)53-48(43)65/h11-22,24,26,28-29,38-40,43,58-60H,5-10,23,25,27,51H2,1-4H3,(H,52,64)(H,53,65)(H,54,61)(H,55,62)(H,56,63)(H,67,68)/t28-,29+,38+,39+,40-,43+/m1/s1. The number of carboxylic acids is 1. The van der Waals surface area contributed by atoms with Crippen molar-refractivity contribution in [2.45, 2.75) is 102 Å². The van der Waals surface area contributed by atoms with E-state index in [4.69, 9.17) is 5.73 Å². The third-order valence-electron chi connectivity index (χ3n) is 11.8. The Morgan fingerprint density at radius 1 is 0.779 bits per heavy atom. The second-order valence-corrected chi connectivity index (χ2v) is 17.0. The lowest BCUT2D eigenvalue weighted by Crippen LogP contribution is -2.57. The van der Waals surface area contributed by atoms with Gasteiger partial charge in [0.25, 0.3) is 5.91 Å². The molecule has 0 unspecified atom stereocenters. The van der Waals surface area contributed by atoms with E-state index >= 15 is 0 Å². The fourth-order valence-electron chi connectivity index (χ4n) is 7.80. The largest absolute Gasteiger partial charge is 0.507 e. The van der Waals surface area contributed by atoms with Gasteiger partial charge in [0.15, 0.2) is 0 Å². The van der Waals surface area contributed by atoms with Gasteiger partial charge in [0, 0.05) is 30.2 Å². The maximum atomic E-state index is 14.5. The lowest BCUT2D eigenvalue weighted by atomic mass is 9.93. The number of benzene rings is 4. The second-order valence-electron chi connectivity index (χ2n) is 17.0. The van der Waals surface area contributed by atoms with E-state index in [9.17, 15) is 54.0 Å². The summed E-state index contributed by atoms with van der Waals surface area (Å²) in [6.07, 6.45) is 3.85. The summed E-state index contributed by atoms with van der Waals surface area (Å²) in [4.78, 5) is 95.6. The number of aliphatic hydroxyl groups excluding tert-OH is 1. The lowest BCUT2D eigenvalue weighted by Gasteiger charge is -2.33. The first-order valence-corrected chi connectivity index (χ1v) is 22.6. The van der Waals surface area contributed by atoms with Gasteiger partial charge >= 0.3 is 5.97 Å². The monoisotopic (exact) mass is 935 g/mol. The number of rotatable bonds is 18. The molecule has 0 radical (unpaired) electrons. The number of nitrogens with zero attached hydrogens (tertiary/aromatic N) is 1. The molecule has 0 saturated heterocycles. The molecule has 5 rings (SSSR count). The molecule has 0 fully saturated rings. The van der Waals surface area contributed by atoms with Crippen LogP contribution < -0.4 is 32.3 Å². The molecule has 4 aromatic carbocycles. The van der Waals surface area contributed by atoms with Crippen LogP contribution in [0.4, 0.5) is 0 Å². The zero-order chi connectivity index (χ0) is 49.7. The summed E-state index contributed by atoms with van der Waals surface area (Å²) >= 11 is 0. The highest BCUT2D eigenvalue weighted by Gasteiger charge is 2.36. The summed E-state index contributed by atoms with van der Waals surface area (Å²) in [5.74, 6) is -6.77. The number of carbonyl (C=O) groups excluding carboxylic acids is 6. The number of carboxylic acid groups (broad SMARTS) is 1. The Kier molecular flexibility index (Phi) is 18.2. The van der Waals surface area contributed by atoms with Crippen LogP contribution in [0.25, 0.3) is 22.3 Å². The predicted molar refractivity (Wildman–Crippen MR) is 253 cm³/mol. The third-order valence-corrected chi connectivity index (χ3v) is 11.8. The molecule has 0 aromatic heterocycles. The van der Waals surface area contributed by atoms with Gasteiger partial charge in [-0.25, -0.2) is 4.79 Å². The average Bonchev–Trinajstić information content (AvgIpc) is 3.32. The van der Waals surface area contributed by atoms with Gasteiger partial charge < -0.3 is 57.6 Å². The molecule has 6 amide bonds. The van der Waals surface area contributed by atoms with Crippen molar-refractivity contribution in [1.29, 1.82) is 0 Å². The molecule has 6 atom stereocenters. The van der Waals surface area contributed by atoms with Crippen LogP contribution in [-0.4, -0.2) is 117 Å². The number of likely N-dealkylation sites (N-methyl/N-ethyl adjacent to an activating group) is 1. The van der Waals surface area contributed by atoms with E-state index in [1.807, 2.05) is 12.1 Å². The Labute approximate surface area is 394 Å². The van der Waals surface area contributed by atoms with Crippen molar-refractivity contribution in [1.82, 2.24) is 31.5 Å². The summed E-state index contributed by atoms with van der Waals surface area (Å²) in [5, 5.41) is 54.5. The van der Waals surface area contributed by atoms with Crippen molar-refractivity contribution in [3.05, 3.63) is 107 Å². The summed E-state index contributed by atoms with van der Waals surface area (Å²) in [6.45, 7) is 4.29. The predicted octanol–water partition coefficient (Wildman–Crippen LogP) is 2.81. The molecule has 1 aliphatic heterocycles. The number of carbonyl (C=O) groups is 7. The van der Waals surface area contributed by atoms with Crippen LogP contribution in [0.5, 0.6) is 11.5 Å². The molecule has 0 saturated carbocycles. The Hall–Kier alpha value is -7.31. The first-order valence-electron chi connectivity index (χ1n) is 22.6. The van der Waals surface area contributed by atoms with Crippen LogP contribution in [0.2, 0.25) is 0 Å². The molecular formula is C50H61N7O11. The molecule has 1 heterocycles. The number of aliphatic carboxylic acids is 1. The Morgan fingerprint density at radius 3 is 2.03 bits per heavy atom. The Bertz CT molecular complexity index is 2460. The second kappa shape index (κ2) is 23.9. The molecule has 0 aliphatic carbocycles. The highest BCUT2D eigenvalue weighted by atomic mass is 16.4. The molecule has 18 nitrogen and oxygen atoms in total. The van der Waals surface area contributed by atoms with Gasteiger partial charge in [0.1, 0.15) is 47.8 Å². The molecular weight excluding hydrogens is 875 g/mol. The molecule has 11 N–H and O–H groups in total. The number of phenols is 2.